The lowest BCUT2D eigenvalue weighted by Gasteiger charge is -2.31. The zero-order valence-electron chi connectivity index (χ0n) is 10.2. The van der Waals surface area contributed by atoms with E-state index in [1.165, 1.54) is 5.56 Å². The fraction of sp³-hybridized carbons (Fsp3) is 0.500. The van der Waals surface area contributed by atoms with Crippen molar-refractivity contribution in [3.8, 4) is 0 Å². The lowest BCUT2D eigenvalue weighted by atomic mass is 9.84. The minimum atomic E-state index is -0.887. The summed E-state index contributed by atoms with van der Waals surface area (Å²) in [5.41, 5.74) is 1.24. The van der Waals surface area contributed by atoms with Gasteiger partial charge in [-0.1, -0.05) is 37.6 Å². The SMILES string of the molecule is CCNC1(C(=O)O)CCCCc2ccccc21. The molecule has 0 bridgehead atoms. The molecule has 2 N–H and O–H groups in total. The minimum absolute atomic E-state index is 0.667. The van der Waals surface area contributed by atoms with Crippen LogP contribution in [0, 0.1) is 0 Å². The number of likely N-dealkylation sites (N-methyl/N-ethyl adjacent to an activating group) is 1. The van der Waals surface area contributed by atoms with Gasteiger partial charge in [0.1, 0.15) is 5.54 Å². The maximum absolute atomic E-state index is 11.7. The highest BCUT2D eigenvalue weighted by atomic mass is 16.4. The van der Waals surface area contributed by atoms with Crippen LogP contribution < -0.4 is 5.32 Å². The van der Waals surface area contributed by atoms with Crippen LogP contribution in [0.5, 0.6) is 0 Å². The number of carboxylic acid groups (broad SMARTS) is 1. The van der Waals surface area contributed by atoms with Crippen LogP contribution in [-0.4, -0.2) is 17.6 Å². The number of carbonyl (C=O) groups is 1. The van der Waals surface area contributed by atoms with Crippen molar-refractivity contribution in [3.63, 3.8) is 0 Å². The van der Waals surface area contributed by atoms with E-state index in [-0.39, 0.29) is 0 Å². The predicted molar refractivity (Wildman–Crippen MR) is 67.0 cm³/mol. The monoisotopic (exact) mass is 233 g/mol. The molecule has 1 atom stereocenters. The Morgan fingerprint density at radius 2 is 2.18 bits per heavy atom. The van der Waals surface area contributed by atoms with E-state index in [9.17, 15) is 9.90 Å². The third-order valence-electron chi connectivity index (χ3n) is 3.57. The summed E-state index contributed by atoms with van der Waals surface area (Å²) < 4.78 is 0. The second kappa shape index (κ2) is 4.88. The first kappa shape index (κ1) is 12.1. The molecule has 0 aliphatic heterocycles. The summed E-state index contributed by atoms with van der Waals surface area (Å²) in [6.45, 7) is 2.62. The number of nitrogens with one attached hydrogen (secondary N) is 1. The molecule has 0 heterocycles. The highest BCUT2D eigenvalue weighted by Gasteiger charge is 2.41. The molecule has 3 nitrogen and oxygen atoms in total. The van der Waals surface area contributed by atoms with Crippen molar-refractivity contribution in [1.29, 1.82) is 0 Å². The average molecular weight is 233 g/mol. The van der Waals surface area contributed by atoms with Crippen molar-refractivity contribution in [2.75, 3.05) is 6.54 Å². The first-order chi connectivity index (χ1) is 8.20. The number of aryl methyl sites for hydroxylation is 1. The van der Waals surface area contributed by atoms with Gasteiger partial charge in [-0.25, -0.2) is 4.79 Å². The lowest BCUT2D eigenvalue weighted by Crippen LogP contribution is -2.49. The van der Waals surface area contributed by atoms with E-state index in [1.807, 2.05) is 25.1 Å². The third kappa shape index (κ3) is 2.07. The van der Waals surface area contributed by atoms with Crippen LogP contribution in [0.1, 0.15) is 37.3 Å². The van der Waals surface area contributed by atoms with Gasteiger partial charge in [-0.3, -0.25) is 5.32 Å². The van der Waals surface area contributed by atoms with Crippen molar-refractivity contribution in [3.05, 3.63) is 35.4 Å². The first-order valence-corrected chi connectivity index (χ1v) is 6.27. The van der Waals surface area contributed by atoms with Crippen LogP contribution in [0.25, 0.3) is 0 Å². The van der Waals surface area contributed by atoms with Gasteiger partial charge in [-0.05, 0) is 36.9 Å². The van der Waals surface area contributed by atoms with Gasteiger partial charge < -0.3 is 5.11 Å². The number of benzene rings is 1. The van der Waals surface area contributed by atoms with Crippen LogP contribution in [-0.2, 0) is 16.8 Å². The van der Waals surface area contributed by atoms with Crippen LogP contribution in [0.15, 0.2) is 24.3 Å². The summed E-state index contributed by atoms with van der Waals surface area (Å²) >= 11 is 0. The number of rotatable bonds is 3. The van der Waals surface area contributed by atoms with Gasteiger partial charge in [0.05, 0.1) is 0 Å². The summed E-state index contributed by atoms with van der Waals surface area (Å²) in [4.78, 5) is 11.7. The largest absolute Gasteiger partial charge is 0.480 e. The molecule has 3 heteroatoms. The molecular formula is C14H19NO2. The quantitative estimate of drug-likeness (QED) is 0.788. The Labute approximate surface area is 102 Å². The Morgan fingerprint density at radius 1 is 1.41 bits per heavy atom. The molecule has 0 fully saturated rings. The fourth-order valence-electron chi connectivity index (χ4n) is 2.78. The molecule has 1 aromatic carbocycles. The van der Waals surface area contributed by atoms with Crippen LogP contribution in [0.3, 0.4) is 0 Å². The van der Waals surface area contributed by atoms with E-state index in [2.05, 4.69) is 11.4 Å². The predicted octanol–water partition coefficient (Wildman–Crippen LogP) is 2.30. The van der Waals surface area contributed by atoms with Gasteiger partial charge in [0.2, 0.25) is 0 Å². The molecule has 0 radical (unpaired) electrons. The van der Waals surface area contributed by atoms with Crippen molar-refractivity contribution >= 4 is 5.97 Å². The molecule has 1 unspecified atom stereocenters. The van der Waals surface area contributed by atoms with Crippen LogP contribution in [0.2, 0.25) is 0 Å². The fourth-order valence-corrected chi connectivity index (χ4v) is 2.78. The zero-order chi connectivity index (χ0) is 12.3. The first-order valence-electron chi connectivity index (χ1n) is 6.27. The molecule has 0 saturated carbocycles. The van der Waals surface area contributed by atoms with Crippen molar-refractivity contribution in [1.82, 2.24) is 5.32 Å². The Morgan fingerprint density at radius 3 is 2.88 bits per heavy atom. The number of carboxylic acids is 1. The Balaban J connectivity index is 2.54. The van der Waals surface area contributed by atoms with Gasteiger partial charge in [0, 0.05) is 0 Å². The third-order valence-corrected chi connectivity index (χ3v) is 3.57. The summed E-state index contributed by atoms with van der Waals surface area (Å²) in [5, 5.41) is 12.8. The van der Waals surface area contributed by atoms with Crippen molar-refractivity contribution in [2.24, 2.45) is 0 Å². The topological polar surface area (TPSA) is 49.3 Å². The smallest absolute Gasteiger partial charge is 0.328 e. The molecule has 92 valence electrons. The molecule has 0 saturated heterocycles. The molecule has 0 spiro atoms. The number of aliphatic carboxylic acids is 1. The van der Waals surface area contributed by atoms with E-state index in [4.69, 9.17) is 0 Å². The van der Waals surface area contributed by atoms with Crippen molar-refractivity contribution in [2.45, 2.75) is 38.1 Å². The summed E-state index contributed by atoms with van der Waals surface area (Å²) in [6.07, 6.45) is 3.68. The second-order valence-electron chi connectivity index (χ2n) is 4.61. The highest BCUT2D eigenvalue weighted by Crippen LogP contribution is 2.34. The molecule has 1 aliphatic rings. The maximum atomic E-state index is 11.7. The minimum Gasteiger partial charge on any atom is -0.480 e. The molecular weight excluding hydrogens is 214 g/mol. The summed E-state index contributed by atoms with van der Waals surface area (Å²) in [5.74, 6) is -0.756. The number of hydrogen-bond acceptors (Lipinski definition) is 2. The molecule has 2 rings (SSSR count). The normalized spacial score (nSPS) is 23.8. The van der Waals surface area contributed by atoms with E-state index in [1.54, 1.807) is 0 Å². The highest BCUT2D eigenvalue weighted by molar-refractivity contribution is 5.81. The van der Waals surface area contributed by atoms with Crippen molar-refractivity contribution < 1.29 is 9.90 Å². The Kier molecular flexibility index (Phi) is 3.48. The van der Waals surface area contributed by atoms with Gasteiger partial charge >= 0.3 is 5.97 Å². The summed E-state index contributed by atoms with van der Waals surface area (Å²) in [6, 6.07) is 7.93. The van der Waals surface area contributed by atoms with E-state index in [0.29, 0.717) is 13.0 Å². The van der Waals surface area contributed by atoms with Crippen LogP contribution in [0.4, 0.5) is 0 Å². The average Bonchev–Trinajstić information content (AvgIpc) is 2.51. The lowest BCUT2D eigenvalue weighted by molar-refractivity contribution is -0.145. The zero-order valence-corrected chi connectivity index (χ0v) is 10.2. The van der Waals surface area contributed by atoms with Gasteiger partial charge in [-0.15, -0.1) is 0 Å². The molecule has 0 amide bonds. The number of fused-ring (bicyclic) bond motifs is 1. The maximum Gasteiger partial charge on any atom is 0.328 e. The molecule has 1 aliphatic carbocycles. The van der Waals surface area contributed by atoms with E-state index >= 15 is 0 Å². The molecule has 1 aromatic rings. The second-order valence-corrected chi connectivity index (χ2v) is 4.61. The number of hydrogen-bond donors (Lipinski definition) is 2. The standard InChI is InChI=1S/C14H19NO2/c1-2-15-14(13(16)17)10-6-5-8-11-7-3-4-9-12(11)14/h3-4,7,9,15H,2,5-6,8,10H2,1H3,(H,16,17). The molecule has 0 aromatic heterocycles. The van der Waals surface area contributed by atoms with Gasteiger partial charge in [0.25, 0.3) is 0 Å². The molecule has 17 heavy (non-hydrogen) atoms. The van der Waals surface area contributed by atoms with Gasteiger partial charge in [0.15, 0.2) is 0 Å². The Hall–Kier alpha value is -1.35. The van der Waals surface area contributed by atoms with E-state index in [0.717, 1.165) is 24.8 Å². The van der Waals surface area contributed by atoms with Gasteiger partial charge in [-0.2, -0.15) is 0 Å². The summed E-state index contributed by atoms with van der Waals surface area (Å²) in [7, 11) is 0. The Bertz CT molecular complexity index is 416. The van der Waals surface area contributed by atoms with E-state index < -0.39 is 11.5 Å². The van der Waals surface area contributed by atoms with Crippen LogP contribution >= 0.6 is 0 Å².